The molecule has 3 aromatic carbocycles. The minimum absolute atomic E-state index is 0.361. The van der Waals surface area contributed by atoms with Crippen LogP contribution in [-0.4, -0.2) is 32.5 Å². The number of hydrazone groups is 1. The minimum Gasteiger partial charge on any atom is -0.493 e. The summed E-state index contributed by atoms with van der Waals surface area (Å²) in [5.74, 6) is 1.14. The van der Waals surface area contributed by atoms with E-state index in [1.165, 1.54) is 7.11 Å². The first-order valence-corrected chi connectivity index (χ1v) is 9.63. The van der Waals surface area contributed by atoms with Crippen molar-refractivity contribution in [1.29, 1.82) is 0 Å². The number of ether oxygens (including phenoxy) is 3. The summed E-state index contributed by atoms with van der Waals surface area (Å²) in [5.41, 5.74) is 5.40. The van der Waals surface area contributed by atoms with E-state index in [9.17, 15) is 4.79 Å². The van der Waals surface area contributed by atoms with Crippen molar-refractivity contribution in [3.8, 4) is 11.5 Å². The lowest BCUT2D eigenvalue weighted by Crippen LogP contribution is -2.05. The van der Waals surface area contributed by atoms with Crippen molar-refractivity contribution in [2.75, 3.05) is 25.7 Å². The highest BCUT2D eigenvalue weighted by molar-refractivity contribution is 5.89. The zero-order chi connectivity index (χ0) is 21.0. The topological polar surface area (TPSA) is 69.2 Å². The number of anilines is 1. The van der Waals surface area contributed by atoms with E-state index in [4.69, 9.17) is 9.47 Å². The molecule has 154 valence electrons. The molecule has 0 unspecified atom stereocenters. The van der Waals surface area contributed by atoms with Crippen LogP contribution in [0.5, 0.6) is 11.5 Å². The third-order valence-corrected chi connectivity index (χ3v) is 4.16. The second-order valence-corrected chi connectivity index (χ2v) is 6.37. The molecule has 0 saturated carbocycles. The van der Waals surface area contributed by atoms with Crippen LogP contribution in [-0.2, 0) is 4.74 Å². The molecule has 0 aliphatic rings. The maximum atomic E-state index is 11.4. The predicted molar refractivity (Wildman–Crippen MR) is 117 cm³/mol. The van der Waals surface area contributed by atoms with E-state index in [2.05, 4.69) is 15.3 Å². The van der Waals surface area contributed by atoms with Crippen LogP contribution < -0.4 is 14.9 Å². The molecule has 0 saturated heterocycles. The van der Waals surface area contributed by atoms with Crippen LogP contribution in [0.3, 0.4) is 0 Å². The zero-order valence-corrected chi connectivity index (χ0v) is 16.8. The highest BCUT2D eigenvalue weighted by Gasteiger charge is 2.04. The van der Waals surface area contributed by atoms with Gasteiger partial charge < -0.3 is 14.2 Å². The molecular weight excluding hydrogens is 380 g/mol. The maximum Gasteiger partial charge on any atom is 0.337 e. The van der Waals surface area contributed by atoms with Gasteiger partial charge in [-0.25, -0.2) is 4.79 Å². The lowest BCUT2D eigenvalue weighted by atomic mass is 10.2. The predicted octanol–water partition coefficient (Wildman–Crippen LogP) is 4.77. The molecule has 0 bridgehead atoms. The fourth-order valence-electron chi connectivity index (χ4n) is 2.59. The largest absolute Gasteiger partial charge is 0.493 e. The molecule has 0 aliphatic carbocycles. The second-order valence-electron chi connectivity index (χ2n) is 6.37. The number of hydrogen-bond donors (Lipinski definition) is 1. The molecule has 3 aromatic rings. The Morgan fingerprint density at radius 1 is 0.867 bits per heavy atom. The van der Waals surface area contributed by atoms with Gasteiger partial charge in [-0.1, -0.05) is 18.2 Å². The SMILES string of the molecule is COC(=O)c1ccc(OCCCOc2ccc(C=NNc3ccccc3)cc2)cc1. The number of esters is 1. The maximum absolute atomic E-state index is 11.4. The number of rotatable bonds is 10. The normalized spacial score (nSPS) is 10.6. The van der Waals surface area contributed by atoms with E-state index < -0.39 is 0 Å². The minimum atomic E-state index is -0.361. The molecule has 0 aromatic heterocycles. The first-order valence-electron chi connectivity index (χ1n) is 9.63. The van der Waals surface area contributed by atoms with Gasteiger partial charge in [0.25, 0.3) is 0 Å². The van der Waals surface area contributed by atoms with Crippen molar-refractivity contribution in [2.24, 2.45) is 5.10 Å². The Kier molecular flexibility index (Phi) is 7.85. The molecule has 30 heavy (non-hydrogen) atoms. The molecule has 0 amide bonds. The summed E-state index contributed by atoms with van der Waals surface area (Å²) >= 11 is 0. The molecule has 0 atom stereocenters. The number of carbonyl (C=O) groups excluding carboxylic acids is 1. The van der Waals surface area contributed by atoms with Crippen molar-refractivity contribution in [3.63, 3.8) is 0 Å². The first kappa shape index (κ1) is 20.9. The molecule has 6 heteroatoms. The Balaban J connectivity index is 1.34. The molecule has 0 heterocycles. The van der Waals surface area contributed by atoms with E-state index in [0.717, 1.165) is 23.4 Å². The van der Waals surface area contributed by atoms with E-state index in [1.54, 1.807) is 30.5 Å². The fourth-order valence-corrected chi connectivity index (χ4v) is 2.59. The Bertz CT molecular complexity index is 939. The number of methoxy groups -OCH3 is 1. The number of nitrogens with zero attached hydrogens (tertiary/aromatic N) is 1. The summed E-state index contributed by atoms with van der Waals surface area (Å²) in [7, 11) is 1.36. The van der Waals surface area contributed by atoms with Crippen molar-refractivity contribution in [3.05, 3.63) is 90.0 Å². The van der Waals surface area contributed by atoms with Crippen LogP contribution in [0, 0.1) is 0 Å². The number of carbonyl (C=O) groups is 1. The molecule has 0 radical (unpaired) electrons. The van der Waals surface area contributed by atoms with Crippen molar-refractivity contribution < 1.29 is 19.0 Å². The number of nitrogens with one attached hydrogen (secondary N) is 1. The Morgan fingerprint density at radius 3 is 2.07 bits per heavy atom. The van der Waals surface area contributed by atoms with Crippen LogP contribution in [0.1, 0.15) is 22.3 Å². The number of benzene rings is 3. The number of hydrogen-bond acceptors (Lipinski definition) is 6. The van der Waals surface area contributed by atoms with Gasteiger partial charge in [-0.3, -0.25) is 5.43 Å². The number of para-hydroxylation sites is 1. The van der Waals surface area contributed by atoms with E-state index in [1.807, 2.05) is 54.6 Å². The van der Waals surface area contributed by atoms with Crippen LogP contribution in [0.25, 0.3) is 0 Å². The van der Waals surface area contributed by atoms with Gasteiger partial charge in [-0.2, -0.15) is 5.10 Å². The lowest BCUT2D eigenvalue weighted by molar-refractivity contribution is 0.0600. The van der Waals surface area contributed by atoms with Gasteiger partial charge in [0.05, 0.1) is 37.8 Å². The van der Waals surface area contributed by atoms with Gasteiger partial charge in [0.15, 0.2) is 0 Å². The average molecular weight is 404 g/mol. The lowest BCUT2D eigenvalue weighted by Gasteiger charge is -2.08. The summed E-state index contributed by atoms with van der Waals surface area (Å²) in [6, 6.07) is 24.4. The smallest absolute Gasteiger partial charge is 0.337 e. The quantitative estimate of drug-likeness (QED) is 0.228. The van der Waals surface area contributed by atoms with Gasteiger partial charge in [0, 0.05) is 6.42 Å². The van der Waals surface area contributed by atoms with Crippen LogP contribution in [0.2, 0.25) is 0 Å². The van der Waals surface area contributed by atoms with Crippen molar-refractivity contribution in [2.45, 2.75) is 6.42 Å². The first-order chi connectivity index (χ1) is 14.7. The van der Waals surface area contributed by atoms with Gasteiger partial charge in [-0.15, -0.1) is 0 Å². The summed E-state index contributed by atoms with van der Waals surface area (Å²) in [5, 5.41) is 4.22. The molecule has 6 nitrogen and oxygen atoms in total. The summed E-state index contributed by atoms with van der Waals surface area (Å²) < 4.78 is 16.1. The van der Waals surface area contributed by atoms with Crippen molar-refractivity contribution >= 4 is 17.9 Å². The highest BCUT2D eigenvalue weighted by atomic mass is 16.5. The third kappa shape index (κ3) is 6.67. The molecule has 0 spiro atoms. The highest BCUT2D eigenvalue weighted by Crippen LogP contribution is 2.14. The average Bonchev–Trinajstić information content (AvgIpc) is 2.80. The molecule has 0 fully saturated rings. The van der Waals surface area contributed by atoms with Crippen LogP contribution in [0.4, 0.5) is 5.69 Å². The Labute approximate surface area is 176 Å². The Morgan fingerprint density at radius 2 is 1.47 bits per heavy atom. The van der Waals surface area contributed by atoms with Gasteiger partial charge >= 0.3 is 5.97 Å². The third-order valence-electron chi connectivity index (χ3n) is 4.16. The van der Waals surface area contributed by atoms with E-state index in [-0.39, 0.29) is 5.97 Å². The van der Waals surface area contributed by atoms with E-state index in [0.29, 0.717) is 24.5 Å². The van der Waals surface area contributed by atoms with E-state index >= 15 is 0 Å². The standard InChI is InChI=1S/C24H24N2O4/c1-28-24(27)20-10-14-23(15-11-20)30-17-5-16-29-22-12-8-19(9-13-22)18-25-26-21-6-3-2-4-7-21/h2-4,6-15,18,26H,5,16-17H2,1H3. The molecular formula is C24H24N2O4. The monoisotopic (exact) mass is 404 g/mol. The summed E-state index contributed by atoms with van der Waals surface area (Å²) in [4.78, 5) is 11.4. The van der Waals surface area contributed by atoms with Gasteiger partial charge in [-0.05, 0) is 66.2 Å². The van der Waals surface area contributed by atoms with Crippen LogP contribution in [0.15, 0.2) is 84.0 Å². The van der Waals surface area contributed by atoms with Gasteiger partial charge in [0.1, 0.15) is 11.5 Å². The fraction of sp³-hybridized carbons (Fsp3) is 0.167. The summed E-state index contributed by atoms with van der Waals surface area (Å²) in [6.07, 6.45) is 2.50. The molecule has 1 N–H and O–H groups in total. The Hall–Kier alpha value is -3.80. The van der Waals surface area contributed by atoms with Crippen molar-refractivity contribution in [1.82, 2.24) is 0 Å². The van der Waals surface area contributed by atoms with Gasteiger partial charge in [0.2, 0.25) is 0 Å². The van der Waals surface area contributed by atoms with Crippen LogP contribution >= 0.6 is 0 Å². The molecule has 0 aliphatic heterocycles. The second kappa shape index (κ2) is 11.3. The summed E-state index contributed by atoms with van der Waals surface area (Å²) in [6.45, 7) is 1.07. The molecule has 3 rings (SSSR count). The zero-order valence-electron chi connectivity index (χ0n) is 16.8.